The summed E-state index contributed by atoms with van der Waals surface area (Å²) in [6.45, 7) is 3.97. The van der Waals surface area contributed by atoms with Gasteiger partial charge in [0, 0.05) is 50.2 Å². The molecular weight excluding hydrogens is 352 g/mol. The van der Waals surface area contributed by atoms with Gasteiger partial charge in [0.25, 0.3) is 0 Å². The van der Waals surface area contributed by atoms with E-state index in [1.165, 1.54) is 25.7 Å². The molecule has 158 valence electrons. The van der Waals surface area contributed by atoms with Crippen molar-refractivity contribution in [3.63, 3.8) is 0 Å². The maximum absolute atomic E-state index is 12.5. The van der Waals surface area contributed by atoms with E-state index in [2.05, 4.69) is 9.80 Å². The van der Waals surface area contributed by atoms with Gasteiger partial charge in [-0.2, -0.15) is 0 Å². The molecule has 0 atom stereocenters. The van der Waals surface area contributed by atoms with Crippen LogP contribution in [-0.4, -0.2) is 70.9 Å². The molecular formula is C22H38N4O2. The molecule has 2 aliphatic carbocycles. The molecule has 2 heterocycles. The number of nitrogens with zero attached hydrogens (tertiary/aromatic N) is 3. The number of piperidine rings is 2. The second kappa shape index (κ2) is 9.02. The lowest BCUT2D eigenvalue weighted by Crippen LogP contribution is -2.56. The van der Waals surface area contributed by atoms with Crippen LogP contribution in [0.2, 0.25) is 0 Å². The summed E-state index contributed by atoms with van der Waals surface area (Å²) in [6.07, 6.45) is 13.7. The highest BCUT2D eigenvalue weighted by molar-refractivity contribution is 5.79. The van der Waals surface area contributed by atoms with Crippen LogP contribution in [0, 0.1) is 5.92 Å². The van der Waals surface area contributed by atoms with Crippen LogP contribution in [-0.2, 0) is 4.79 Å². The normalized spacial score (nSPS) is 26.8. The molecule has 4 rings (SSSR count). The van der Waals surface area contributed by atoms with Crippen LogP contribution in [0.25, 0.3) is 0 Å². The SMILES string of the molecule is NC(=O)N(C1CCCCC1)C1CCN(C2CCN(C(=O)C3CCC3)CC2)CC1. The summed E-state index contributed by atoms with van der Waals surface area (Å²) in [5, 5.41) is 0. The molecule has 28 heavy (non-hydrogen) atoms. The van der Waals surface area contributed by atoms with Crippen molar-refractivity contribution in [1.82, 2.24) is 14.7 Å². The molecule has 0 radical (unpaired) electrons. The lowest BCUT2D eigenvalue weighted by molar-refractivity contribution is -0.139. The lowest BCUT2D eigenvalue weighted by Gasteiger charge is -2.46. The topological polar surface area (TPSA) is 69.9 Å². The summed E-state index contributed by atoms with van der Waals surface area (Å²) >= 11 is 0. The average molecular weight is 391 g/mol. The number of carbonyl (C=O) groups excluding carboxylic acids is 2. The van der Waals surface area contributed by atoms with Crippen molar-refractivity contribution in [2.75, 3.05) is 26.2 Å². The first kappa shape index (κ1) is 20.0. The third-order valence-electron chi connectivity index (χ3n) is 7.86. The van der Waals surface area contributed by atoms with E-state index in [0.29, 0.717) is 30.0 Å². The zero-order valence-electron chi connectivity index (χ0n) is 17.4. The first-order valence-corrected chi connectivity index (χ1v) is 11.7. The summed E-state index contributed by atoms with van der Waals surface area (Å²) in [5.74, 6) is 0.736. The van der Waals surface area contributed by atoms with Crippen molar-refractivity contribution >= 4 is 11.9 Å². The van der Waals surface area contributed by atoms with Crippen LogP contribution in [0.4, 0.5) is 4.79 Å². The van der Waals surface area contributed by atoms with Crippen molar-refractivity contribution in [3.8, 4) is 0 Å². The molecule has 4 fully saturated rings. The molecule has 3 amide bonds. The highest BCUT2D eigenvalue weighted by atomic mass is 16.2. The number of hydrogen-bond acceptors (Lipinski definition) is 3. The fraction of sp³-hybridized carbons (Fsp3) is 0.909. The van der Waals surface area contributed by atoms with Gasteiger partial charge in [-0.3, -0.25) is 4.79 Å². The van der Waals surface area contributed by atoms with Gasteiger partial charge in [-0.25, -0.2) is 4.79 Å². The quantitative estimate of drug-likeness (QED) is 0.802. The number of nitrogens with two attached hydrogens (primary N) is 1. The first-order chi connectivity index (χ1) is 13.6. The van der Waals surface area contributed by atoms with E-state index in [0.717, 1.165) is 77.5 Å². The van der Waals surface area contributed by atoms with Gasteiger partial charge in [-0.1, -0.05) is 25.7 Å². The maximum atomic E-state index is 12.5. The van der Waals surface area contributed by atoms with Gasteiger partial charge in [0.05, 0.1) is 0 Å². The van der Waals surface area contributed by atoms with Crippen LogP contribution >= 0.6 is 0 Å². The molecule has 6 heteroatoms. The molecule has 2 N–H and O–H groups in total. The number of urea groups is 1. The number of rotatable bonds is 4. The summed E-state index contributed by atoms with van der Waals surface area (Å²) in [6, 6.07) is 1.07. The van der Waals surface area contributed by atoms with Gasteiger partial charge in [0.1, 0.15) is 0 Å². The van der Waals surface area contributed by atoms with Crippen molar-refractivity contribution in [1.29, 1.82) is 0 Å². The Hall–Kier alpha value is -1.30. The molecule has 6 nitrogen and oxygen atoms in total. The summed E-state index contributed by atoms with van der Waals surface area (Å²) in [5.41, 5.74) is 5.80. The monoisotopic (exact) mass is 390 g/mol. The Morgan fingerprint density at radius 1 is 0.714 bits per heavy atom. The van der Waals surface area contributed by atoms with E-state index in [-0.39, 0.29) is 6.03 Å². The van der Waals surface area contributed by atoms with E-state index < -0.39 is 0 Å². The zero-order valence-corrected chi connectivity index (χ0v) is 17.4. The minimum Gasteiger partial charge on any atom is -0.351 e. The minimum absolute atomic E-state index is 0.215. The molecule has 0 aromatic heterocycles. The molecule has 0 aromatic rings. The second-order valence-corrected chi connectivity index (χ2v) is 9.49. The Morgan fingerprint density at radius 3 is 1.86 bits per heavy atom. The van der Waals surface area contributed by atoms with Crippen molar-refractivity contribution in [2.24, 2.45) is 11.7 Å². The third kappa shape index (κ3) is 4.32. The Bertz CT molecular complexity index is 543. The van der Waals surface area contributed by atoms with E-state index in [1.54, 1.807) is 0 Å². The fourth-order valence-electron chi connectivity index (χ4n) is 5.91. The van der Waals surface area contributed by atoms with Crippen LogP contribution in [0.15, 0.2) is 0 Å². The highest BCUT2D eigenvalue weighted by Gasteiger charge is 2.36. The predicted molar refractivity (Wildman–Crippen MR) is 110 cm³/mol. The standard InChI is InChI=1S/C22H38N4O2/c23-22(28)26(19-7-2-1-3-8-19)20-11-13-24(14-12-20)18-9-15-25(16-10-18)21(27)17-5-4-6-17/h17-20H,1-16H2,(H2,23,28). The number of primary amides is 1. The number of likely N-dealkylation sites (tertiary alicyclic amines) is 2. The van der Waals surface area contributed by atoms with Gasteiger partial charge in [-0.05, 0) is 51.4 Å². The van der Waals surface area contributed by atoms with E-state index >= 15 is 0 Å². The molecule has 4 aliphatic rings. The van der Waals surface area contributed by atoms with E-state index in [9.17, 15) is 9.59 Å². The smallest absolute Gasteiger partial charge is 0.315 e. The van der Waals surface area contributed by atoms with Crippen molar-refractivity contribution < 1.29 is 9.59 Å². The predicted octanol–water partition coefficient (Wildman–Crippen LogP) is 2.96. The first-order valence-electron chi connectivity index (χ1n) is 11.7. The summed E-state index contributed by atoms with van der Waals surface area (Å²) < 4.78 is 0. The lowest BCUT2D eigenvalue weighted by atomic mass is 9.84. The van der Waals surface area contributed by atoms with E-state index in [4.69, 9.17) is 5.73 Å². The minimum atomic E-state index is -0.215. The Kier molecular flexibility index (Phi) is 6.44. The largest absolute Gasteiger partial charge is 0.351 e. The summed E-state index contributed by atoms with van der Waals surface area (Å²) in [7, 11) is 0. The highest BCUT2D eigenvalue weighted by Crippen LogP contribution is 2.31. The van der Waals surface area contributed by atoms with Crippen LogP contribution in [0.1, 0.15) is 77.0 Å². The number of hydrogen-bond donors (Lipinski definition) is 1. The fourth-order valence-corrected chi connectivity index (χ4v) is 5.91. The van der Waals surface area contributed by atoms with Crippen LogP contribution in [0.3, 0.4) is 0 Å². The molecule has 0 spiro atoms. The molecule has 0 aromatic carbocycles. The zero-order chi connectivity index (χ0) is 19.5. The third-order valence-corrected chi connectivity index (χ3v) is 7.86. The van der Waals surface area contributed by atoms with Crippen molar-refractivity contribution in [3.05, 3.63) is 0 Å². The van der Waals surface area contributed by atoms with Gasteiger partial charge in [-0.15, -0.1) is 0 Å². The van der Waals surface area contributed by atoms with Gasteiger partial charge < -0.3 is 20.4 Å². The van der Waals surface area contributed by atoms with Gasteiger partial charge >= 0.3 is 6.03 Å². The van der Waals surface area contributed by atoms with Gasteiger partial charge in [0.15, 0.2) is 0 Å². The summed E-state index contributed by atoms with van der Waals surface area (Å²) in [4.78, 5) is 31.4. The average Bonchev–Trinajstić information content (AvgIpc) is 2.68. The molecule has 0 bridgehead atoms. The Balaban J connectivity index is 1.24. The maximum Gasteiger partial charge on any atom is 0.315 e. The second-order valence-electron chi connectivity index (χ2n) is 9.49. The number of amides is 3. The number of carbonyl (C=O) groups is 2. The van der Waals surface area contributed by atoms with Gasteiger partial charge in [0.2, 0.25) is 5.91 Å². The molecule has 0 unspecified atom stereocenters. The van der Waals surface area contributed by atoms with E-state index in [1.807, 2.05) is 4.90 Å². The van der Waals surface area contributed by atoms with Crippen molar-refractivity contribution in [2.45, 2.75) is 95.2 Å². The Labute approximate surface area is 169 Å². The van der Waals surface area contributed by atoms with Crippen LogP contribution < -0.4 is 5.73 Å². The molecule has 2 saturated heterocycles. The molecule has 2 aliphatic heterocycles. The Morgan fingerprint density at radius 2 is 1.32 bits per heavy atom. The van der Waals surface area contributed by atoms with Crippen LogP contribution in [0.5, 0.6) is 0 Å². The molecule has 2 saturated carbocycles.